The Hall–Kier alpha value is -2.49. The van der Waals surface area contributed by atoms with Gasteiger partial charge in [0.25, 0.3) is 0 Å². The predicted molar refractivity (Wildman–Crippen MR) is 63.0 cm³/mol. The summed E-state index contributed by atoms with van der Waals surface area (Å²) in [6.07, 6.45) is -2.12. The fraction of sp³-hybridized carbons (Fsp3) is 0.200. The highest BCUT2D eigenvalue weighted by atomic mass is 19.4. The SMILES string of the molecule is Cc1ccnc(-n2cnc(NNC(F)(F)F)nc2=O)c1. The summed E-state index contributed by atoms with van der Waals surface area (Å²) in [6, 6.07) is 3.35. The summed E-state index contributed by atoms with van der Waals surface area (Å²) >= 11 is 0. The van der Waals surface area contributed by atoms with Crippen molar-refractivity contribution in [1.82, 2.24) is 24.9 Å². The van der Waals surface area contributed by atoms with E-state index in [4.69, 9.17) is 0 Å². The molecule has 7 nitrogen and oxygen atoms in total. The average Bonchev–Trinajstić information content (AvgIpc) is 2.35. The summed E-state index contributed by atoms with van der Waals surface area (Å²) in [6.45, 7) is 1.81. The van der Waals surface area contributed by atoms with Gasteiger partial charge in [0, 0.05) is 6.20 Å². The number of alkyl halides is 3. The van der Waals surface area contributed by atoms with Gasteiger partial charge in [-0.05, 0) is 24.6 Å². The fourth-order valence-electron chi connectivity index (χ4n) is 1.33. The Morgan fingerprint density at radius 3 is 2.65 bits per heavy atom. The first-order valence-electron chi connectivity index (χ1n) is 5.34. The summed E-state index contributed by atoms with van der Waals surface area (Å²) in [5, 5.41) is 0. The quantitative estimate of drug-likeness (QED) is 0.640. The molecule has 0 fully saturated rings. The molecule has 10 heteroatoms. The maximum absolute atomic E-state index is 11.9. The van der Waals surface area contributed by atoms with Crippen LogP contribution in [0.2, 0.25) is 0 Å². The summed E-state index contributed by atoms with van der Waals surface area (Å²) in [4.78, 5) is 22.6. The van der Waals surface area contributed by atoms with Crippen molar-refractivity contribution in [3.05, 3.63) is 40.7 Å². The van der Waals surface area contributed by atoms with Crippen LogP contribution >= 0.6 is 0 Å². The molecule has 0 unspecified atom stereocenters. The van der Waals surface area contributed by atoms with E-state index in [-0.39, 0.29) is 5.82 Å². The van der Waals surface area contributed by atoms with Crippen LogP contribution in [-0.4, -0.2) is 25.8 Å². The number of pyridine rings is 1. The number of hydrogen-bond acceptors (Lipinski definition) is 6. The molecule has 0 aliphatic rings. The lowest BCUT2D eigenvalue weighted by Crippen LogP contribution is -2.38. The molecule has 0 atom stereocenters. The van der Waals surface area contributed by atoms with Crippen molar-refractivity contribution >= 4 is 5.95 Å². The second-order valence-corrected chi connectivity index (χ2v) is 3.77. The van der Waals surface area contributed by atoms with Gasteiger partial charge in [-0.3, -0.25) is 5.43 Å². The van der Waals surface area contributed by atoms with Crippen molar-refractivity contribution in [2.75, 3.05) is 5.43 Å². The van der Waals surface area contributed by atoms with Crippen molar-refractivity contribution in [1.29, 1.82) is 0 Å². The first-order chi connectivity index (χ1) is 9.35. The van der Waals surface area contributed by atoms with Crippen LogP contribution in [0.15, 0.2) is 29.5 Å². The largest absolute Gasteiger partial charge is 0.474 e. The molecule has 2 aromatic rings. The monoisotopic (exact) mass is 286 g/mol. The Morgan fingerprint density at radius 2 is 2.05 bits per heavy atom. The third-order valence-electron chi connectivity index (χ3n) is 2.17. The standard InChI is InChI=1S/C10H9F3N6O/c1-6-2-3-14-7(4-6)19-5-15-8(16-9(19)20)17-18-10(11,12)13/h2-5,18H,1H3,(H,16,17,20). The number of anilines is 1. The van der Waals surface area contributed by atoms with E-state index in [0.717, 1.165) is 21.9 Å². The maximum atomic E-state index is 11.9. The molecule has 2 N–H and O–H groups in total. The van der Waals surface area contributed by atoms with Crippen molar-refractivity contribution in [3.63, 3.8) is 0 Å². The minimum Gasteiger partial charge on any atom is -0.282 e. The zero-order valence-corrected chi connectivity index (χ0v) is 10.1. The van der Waals surface area contributed by atoms with Gasteiger partial charge < -0.3 is 0 Å². The first kappa shape index (κ1) is 13.9. The molecule has 0 bridgehead atoms. The average molecular weight is 286 g/mol. The van der Waals surface area contributed by atoms with Gasteiger partial charge in [-0.1, -0.05) is 0 Å². The summed E-state index contributed by atoms with van der Waals surface area (Å²) in [5.41, 5.74) is 2.74. The van der Waals surface area contributed by atoms with Crippen LogP contribution in [-0.2, 0) is 0 Å². The number of nitrogens with zero attached hydrogens (tertiary/aromatic N) is 4. The normalized spacial score (nSPS) is 11.4. The number of hydrogen-bond donors (Lipinski definition) is 2. The van der Waals surface area contributed by atoms with Gasteiger partial charge in [0.2, 0.25) is 5.95 Å². The van der Waals surface area contributed by atoms with Gasteiger partial charge in [-0.15, -0.1) is 5.43 Å². The third kappa shape index (κ3) is 3.51. The zero-order chi connectivity index (χ0) is 14.8. The molecule has 0 amide bonds. The minimum absolute atomic E-state index is 0.283. The Bertz CT molecular complexity index is 669. The molecule has 0 spiro atoms. The smallest absolute Gasteiger partial charge is 0.282 e. The molecular formula is C10H9F3N6O. The third-order valence-corrected chi connectivity index (χ3v) is 2.17. The molecule has 2 rings (SSSR count). The van der Waals surface area contributed by atoms with E-state index >= 15 is 0 Å². The van der Waals surface area contributed by atoms with Gasteiger partial charge in [-0.25, -0.2) is 19.3 Å². The molecule has 0 saturated carbocycles. The van der Waals surface area contributed by atoms with E-state index in [2.05, 4.69) is 15.0 Å². The molecule has 2 heterocycles. The number of aromatic nitrogens is 4. The topological polar surface area (TPSA) is 84.7 Å². The van der Waals surface area contributed by atoms with Crippen LogP contribution < -0.4 is 16.5 Å². The molecule has 0 aliphatic carbocycles. The van der Waals surface area contributed by atoms with E-state index in [0.29, 0.717) is 0 Å². The second-order valence-electron chi connectivity index (χ2n) is 3.77. The summed E-state index contributed by atoms with van der Waals surface area (Å²) in [5.74, 6) is -0.207. The van der Waals surface area contributed by atoms with Crippen molar-refractivity contribution in [2.45, 2.75) is 13.2 Å². The van der Waals surface area contributed by atoms with Gasteiger partial charge in [0.15, 0.2) is 0 Å². The molecule has 0 aliphatic heterocycles. The van der Waals surface area contributed by atoms with Crippen LogP contribution in [0.3, 0.4) is 0 Å². The fourth-order valence-corrected chi connectivity index (χ4v) is 1.33. The Kier molecular flexibility index (Phi) is 3.66. The van der Waals surface area contributed by atoms with E-state index in [1.54, 1.807) is 24.5 Å². The number of hydrazine groups is 1. The van der Waals surface area contributed by atoms with Gasteiger partial charge >= 0.3 is 12.0 Å². The predicted octanol–water partition coefficient (Wildman–Crippen LogP) is 0.767. The van der Waals surface area contributed by atoms with Crippen molar-refractivity contribution < 1.29 is 13.2 Å². The minimum atomic E-state index is -4.66. The van der Waals surface area contributed by atoms with Crippen LogP contribution in [0.5, 0.6) is 0 Å². The van der Waals surface area contributed by atoms with Crippen LogP contribution in [0.4, 0.5) is 19.1 Å². The number of halogens is 3. The second kappa shape index (κ2) is 5.25. The zero-order valence-electron chi connectivity index (χ0n) is 10.1. The number of aryl methyl sites for hydroxylation is 1. The molecular weight excluding hydrogens is 277 g/mol. The Labute approximate surface area is 110 Å². The lowest BCUT2D eigenvalue weighted by molar-refractivity contribution is -0.151. The van der Waals surface area contributed by atoms with Gasteiger partial charge in [0.05, 0.1) is 0 Å². The first-order valence-corrected chi connectivity index (χ1v) is 5.34. The molecule has 0 aromatic carbocycles. The lowest BCUT2D eigenvalue weighted by Gasteiger charge is -2.10. The molecule has 2 aromatic heterocycles. The van der Waals surface area contributed by atoms with Crippen molar-refractivity contribution in [2.24, 2.45) is 0 Å². The summed E-state index contributed by atoms with van der Waals surface area (Å²) < 4.78 is 36.7. The van der Waals surface area contributed by atoms with Crippen LogP contribution in [0.1, 0.15) is 5.56 Å². The number of nitrogens with one attached hydrogen (secondary N) is 2. The highest BCUT2D eigenvalue weighted by molar-refractivity contribution is 5.28. The van der Waals surface area contributed by atoms with E-state index in [9.17, 15) is 18.0 Å². The Morgan fingerprint density at radius 1 is 1.30 bits per heavy atom. The van der Waals surface area contributed by atoms with Gasteiger partial charge in [-0.2, -0.15) is 18.2 Å². The lowest BCUT2D eigenvalue weighted by atomic mass is 10.3. The van der Waals surface area contributed by atoms with Crippen molar-refractivity contribution in [3.8, 4) is 5.82 Å². The van der Waals surface area contributed by atoms with Crippen LogP contribution in [0.25, 0.3) is 5.82 Å². The maximum Gasteiger partial charge on any atom is 0.474 e. The molecule has 20 heavy (non-hydrogen) atoms. The van der Waals surface area contributed by atoms with Gasteiger partial charge in [0.1, 0.15) is 12.1 Å². The Balaban J connectivity index is 2.25. The number of rotatable bonds is 3. The highest BCUT2D eigenvalue weighted by Gasteiger charge is 2.27. The van der Waals surface area contributed by atoms with E-state index in [1.807, 2.05) is 0 Å². The highest BCUT2D eigenvalue weighted by Crippen LogP contribution is 2.09. The van der Waals surface area contributed by atoms with Crippen LogP contribution in [0, 0.1) is 6.92 Å². The molecule has 106 valence electrons. The summed E-state index contributed by atoms with van der Waals surface area (Å²) in [7, 11) is 0. The van der Waals surface area contributed by atoms with E-state index in [1.165, 1.54) is 6.20 Å². The van der Waals surface area contributed by atoms with E-state index < -0.39 is 17.9 Å². The molecule has 0 saturated heterocycles. The molecule has 0 radical (unpaired) electrons.